The largest absolute Gasteiger partial charge is 0.240 e. The van der Waals surface area contributed by atoms with Crippen LogP contribution in [0.1, 0.15) is 41.8 Å². The van der Waals surface area contributed by atoms with Gasteiger partial charge >= 0.3 is 0 Å². The topological polar surface area (TPSA) is 12.9 Å². The molecule has 1 heterocycles. The molecule has 0 saturated carbocycles. The number of nitrogens with zero attached hydrogens (tertiary/aromatic N) is 1. The average molecular weight is 331 g/mol. The van der Waals surface area contributed by atoms with Gasteiger partial charge in [-0.15, -0.1) is 11.3 Å². The Labute approximate surface area is 147 Å². The molecule has 1 aliphatic carbocycles. The van der Waals surface area contributed by atoms with Gasteiger partial charge in [0.05, 0.1) is 10.6 Å². The third-order valence-corrected chi connectivity index (χ3v) is 5.74. The van der Waals surface area contributed by atoms with Gasteiger partial charge in [0, 0.05) is 12.0 Å². The molecule has 0 spiro atoms. The number of hydrogen-bond acceptors (Lipinski definition) is 2. The highest BCUT2D eigenvalue weighted by molar-refractivity contribution is 7.16. The molecule has 2 heteroatoms. The molecular weight excluding hydrogens is 310 g/mol. The number of allylic oxidation sites excluding steroid dienone is 2. The molecule has 0 N–H and O–H groups in total. The van der Waals surface area contributed by atoms with Crippen molar-refractivity contribution in [2.24, 2.45) is 0 Å². The lowest BCUT2D eigenvalue weighted by Crippen LogP contribution is -1.96. The molecule has 2 aromatic carbocycles. The fourth-order valence-corrected chi connectivity index (χ4v) is 4.42. The van der Waals surface area contributed by atoms with Gasteiger partial charge in [0.15, 0.2) is 0 Å². The van der Waals surface area contributed by atoms with E-state index in [2.05, 4.69) is 66.7 Å². The molecule has 120 valence electrons. The smallest absolute Gasteiger partial charge is 0.124 e. The Bertz CT molecular complexity index is 831. The number of aromatic nitrogens is 1. The molecule has 0 atom stereocenters. The van der Waals surface area contributed by atoms with Gasteiger partial charge < -0.3 is 0 Å². The van der Waals surface area contributed by atoms with Gasteiger partial charge in [-0.2, -0.15) is 0 Å². The molecule has 24 heavy (non-hydrogen) atoms. The molecule has 1 aliphatic rings. The quantitative estimate of drug-likeness (QED) is 0.542. The Kier molecular flexibility index (Phi) is 4.57. The minimum Gasteiger partial charge on any atom is -0.240 e. The maximum Gasteiger partial charge on any atom is 0.124 e. The van der Waals surface area contributed by atoms with Crippen molar-refractivity contribution in [1.82, 2.24) is 4.98 Å². The van der Waals surface area contributed by atoms with E-state index in [1.165, 1.54) is 53.0 Å². The molecule has 0 fully saturated rings. The molecule has 0 aliphatic heterocycles. The van der Waals surface area contributed by atoms with E-state index < -0.39 is 0 Å². The molecule has 0 saturated heterocycles. The predicted octanol–water partition coefficient (Wildman–Crippen LogP) is 6.36. The van der Waals surface area contributed by atoms with E-state index in [9.17, 15) is 0 Å². The zero-order valence-corrected chi connectivity index (χ0v) is 14.6. The van der Waals surface area contributed by atoms with Crippen LogP contribution in [0.3, 0.4) is 0 Å². The van der Waals surface area contributed by atoms with Crippen LogP contribution in [0, 0.1) is 0 Å². The molecule has 0 bridgehead atoms. The fourth-order valence-electron chi connectivity index (χ4n) is 3.26. The van der Waals surface area contributed by atoms with Gasteiger partial charge in [-0.25, -0.2) is 4.98 Å². The van der Waals surface area contributed by atoms with E-state index in [4.69, 9.17) is 4.98 Å². The Morgan fingerprint density at radius 1 is 0.875 bits per heavy atom. The summed E-state index contributed by atoms with van der Waals surface area (Å²) in [6.45, 7) is 0. The summed E-state index contributed by atoms with van der Waals surface area (Å²) in [5.41, 5.74) is 5.30. The third-order valence-electron chi connectivity index (χ3n) is 4.52. The minimum absolute atomic E-state index is 0.914. The zero-order valence-electron chi connectivity index (χ0n) is 13.7. The van der Waals surface area contributed by atoms with Crippen molar-refractivity contribution in [1.29, 1.82) is 0 Å². The minimum atomic E-state index is 0.914. The molecule has 0 radical (unpaired) electrons. The second-order valence-electron chi connectivity index (χ2n) is 6.30. The van der Waals surface area contributed by atoms with Crippen LogP contribution >= 0.6 is 11.3 Å². The van der Waals surface area contributed by atoms with Crippen molar-refractivity contribution in [2.75, 3.05) is 0 Å². The zero-order chi connectivity index (χ0) is 16.2. The van der Waals surface area contributed by atoms with Crippen molar-refractivity contribution in [3.8, 4) is 10.6 Å². The third kappa shape index (κ3) is 3.34. The highest BCUT2D eigenvalue weighted by Crippen LogP contribution is 2.37. The number of benzene rings is 2. The summed E-state index contributed by atoms with van der Waals surface area (Å²) in [7, 11) is 0. The Balaban J connectivity index is 1.75. The van der Waals surface area contributed by atoms with Crippen molar-refractivity contribution >= 4 is 16.9 Å². The Morgan fingerprint density at radius 2 is 1.62 bits per heavy atom. The first-order valence-electron chi connectivity index (χ1n) is 8.68. The van der Waals surface area contributed by atoms with E-state index in [1.54, 1.807) is 0 Å². The summed E-state index contributed by atoms with van der Waals surface area (Å²) in [4.78, 5) is 6.43. The van der Waals surface area contributed by atoms with Crippen LogP contribution in [-0.2, 0) is 6.42 Å². The summed E-state index contributed by atoms with van der Waals surface area (Å²) in [5.74, 6) is 0. The summed E-state index contributed by atoms with van der Waals surface area (Å²) >= 11 is 1.86. The number of hydrogen-bond donors (Lipinski definition) is 0. The maximum absolute atomic E-state index is 5.03. The molecule has 1 aromatic heterocycles. The normalized spacial score (nSPS) is 14.4. The van der Waals surface area contributed by atoms with Crippen LogP contribution in [0.15, 0.2) is 66.7 Å². The summed E-state index contributed by atoms with van der Waals surface area (Å²) in [6, 6.07) is 21.2. The van der Waals surface area contributed by atoms with E-state index in [-0.39, 0.29) is 0 Å². The SMILES string of the molecule is C1=C(c2sc(-c3ccccc3)nc2Cc2ccccc2)CCCC1. The van der Waals surface area contributed by atoms with Crippen LogP contribution in [0.25, 0.3) is 16.1 Å². The monoisotopic (exact) mass is 331 g/mol. The van der Waals surface area contributed by atoms with E-state index in [0.717, 1.165) is 11.4 Å². The first-order chi connectivity index (χ1) is 11.9. The van der Waals surface area contributed by atoms with Crippen LogP contribution in [-0.4, -0.2) is 4.98 Å². The lowest BCUT2D eigenvalue weighted by atomic mass is 9.96. The molecule has 0 unspecified atom stereocenters. The van der Waals surface area contributed by atoms with Gasteiger partial charge in [0.2, 0.25) is 0 Å². The van der Waals surface area contributed by atoms with Crippen molar-refractivity contribution in [3.05, 3.63) is 82.9 Å². The standard InChI is InChI=1S/C22H21NS/c1-4-10-17(11-5-1)16-20-21(18-12-6-2-7-13-18)24-22(23-20)19-14-8-3-9-15-19/h1,3-5,8-12,14-15H,2,6-7,13,16H2. The first kappa shape index (κ1) is 15.3. The van der Waals surface area contributed by atoms with Gasteiger partial charge in [-0.05, 0) is 36.8 Å². The molecule has 4 rings (SSSR count). The Morgan fingerprint density at radius 3 is 2.33 bits per heavy atom. The summed E-state index contributed by atoms with van der Waals surface area (Å²) < 4.78 is 0. The van der Waals surface area contributed by atoms with Gasteiger partial charge in [0.25, 0.3) is 0 Å². The highest BCUT2D eigenvalue weighted by atomic mass is 32.1. The van der Waals surface area contributed by atoms with E-state index >= 15 is 0 Å². The van der Waals surface area contributed by atoms with E-state index in [0.29, 0.717) is 0 Å². The summed E-state index contributed by atoms with van der Waals surface area (Å²) in [6.07, 6.45) is 8.37. The second kappa shape index (κ2) is 7.14. The molecule has 1 nitrogen and oxygen atoms in total. The molecule has 3 aromatic rings. The number of thiazole rings is 1. The van der Waals surface area contributed by atoms with Crippen LogP contribution < -0.4 is 0 Å². The molecular formula is C22H21NS. The average Bonchev–Trinajstić information content (AvgIpc) is 3.08. The second-order valence-corrected chi connectivity index (χ2v) is 7.30. The fraction of sp³-hybridized carbons (Fsp3) is 0.227. The van der Waals surface area contributed by atoms with Crippen LogP contribution in [0.5, 0.6) is 0 Å². The summed E-state index contributed by atoms with van der Waals surface area (Å²) in [5, 5.41) is 1.14. The predicted molar refractivity (Wildman–Crippen MR) is 103 cm³/mol. The lowest BCUT2D eigenvalue weighted by molar-refractivity contribution is 0.742. The lowest BCUT2D eigenvalue weighted by Gasteiger charge is -2.12. The highest BCUT2D eigenvalue weighted by Gasteiger charge is 2.17. The first-order valence-corrected chi connectivity index (χ1v) is 9.50. The number of rotatable bonds is 4. The maximum atomic E-state index is 5.03. The van der Waals surface area contributed by atoms with Crippen molar-refractivity contribution in [2.45, 2.75) is 32.1 Å². The van der Waals surface area contributed by atoms with Gasteiger partial charge in [-0.1, -0.05) is 66.7 Å². The molecule has 0 amide bonds. The van der Waals surface area contributed by atoms with Crippen molar-refractivity contribution in [3.63, 3.8) is 0 Å². The Hall–Kier alpha value is -2.19. The van der Waals surface area contributed by atoms with Gasteiger partial charge in [-0.3, -0.25) is 0 Å². The van der Waals surface area contributed by atoms with E-state index in [1.807, 2.05) is 11.3 Å². The van der Waals surface area contributed by atoms with Gasteiger partial charge in [0.1, 0.15) is 5.01 Å². The van der Waals surface area contributed by atoms with Crippen molar-refractivity contribution < 1.29 is 0 Å². The van der Waals surface area contributed by atoms with Crippen LogP contribution in [0.4, 0.5) is 0 Å². The van der Waals surface area contributed by atoms with Crippen LogP contribution in [0.2, 0.25) is 0 Å².